The second kappa shape index (κ2) is 9.44. The van der Waals surface area contributed by atoms with Crippen molar-refractivity contribution in [1.82, 2.24) is 5.32 Å². The molecule has 2 rings (SSSR count). The van der Waals surface area contributed by atoms with Gasteiger partial charge in [-0.25, -0.2) is 8.42 Å². The molecule has 1 N–H and O–H groups in total. The average Bonchev–Trinajstić information content (AvgIpc) is 2.60. The number of hydrogen-bond acceptors (Lipinski definition) is 3. The van der Waals surface area contributed by atoms with E-state index in [0.29, 0.717) is 5.02 Å². The van der Waals surface area contributed by atoms with Crippen LogP contribution < -0.4 is 9.62 Å². The average molecular weight is 429 g/mol. The molecule has 0 spiro atoms. The Bertz CT molecular complexity index is 889. The van der Waals surface area contributed by atoms with Crippen LogP contribution in [0.1, 0.15) is 18.9 Å². The van der Waals surface area contributed by atoms with Crippen LogP contribution in [0.3, 0.4) is 0 Å². The molecule has 2 aromatic rings. The normalized spacial score (nSPS) is 12.4. The lowest BCUT2D eigenvalue weighted by molar-refractivity contribution is -0.120. The summed E-state index contributed by atoms with van der Waals surface area (Å²) in [5.74, 6) is -0.406. The highest BCUT2D eigenvalue weighted by atomic mass is 35.5. The highest BCUT2D eigenvalue weighted by molar-refractivity contribution is 7.92. The highest BCUT2D eigenvalue weighted by Crippen LogP contribution is 2.30. The number of amides is 1. The van der Waals surface area contributed by atoms with E-state index in [1.807, 2.05) is 37.3 Å². The largest absolute Gasteiger partial charge is 0.352 e. The molecule has 27 heavy (non-hydrogen) atoms. The van der Waals surface area contributed by atoms with E-state index in [2.05, 4.69) is 5.32 Å². The van der Waals surface area contributed by atoms with Crippen molar-refractivity contribution in [3.8, 4) is 0 Å². The number of benzene rings is 2. The summed E-state index contributed by atoms with van der Waals surface area (Å²) in [4.78, 5) is 12.4. The molecule has 146 valence electrons. The molecular weight excluding hydrogens is 407 g/mol. The lowest BCUT2D eigenvalue weighted by Gasteiger charge is -2.24. The molecule has 0 bridgehead atoms. The number of nitrogens with zero attached hydrogens (tertiary/aromatic N) is 1. The molecule has 0 aliphatic carbocycles. The molecule has 0 fully saturated rings. The fraction of sp³-hybridized carbons (Fsp3) is 0.316. The minimum Gasteiger partial charge on any atom is -0.352 e. The van der Waals surface area contributed by atoms with Crippen LogP contribution in [0.2, 0.25) is 10.0 Å². The smallest absolute Gasteiger partial charge is 0.240 e. The Morgan fingerprint density at radius 1 is 1.15 bits per heavy atom. The molecule has 2 aromatic carbocycles. The van der Waals surface area contributed by atoms with E-state index >= 15 is 0 Å². The van der Waals surface area contributed by atoms with Crippen molar-refractivity contribution in [2.75, 3.05) is 17.1 Å². The van der Waals surface area contributed by atoms with Gasteiger partial charge in [-0.05, 0) is 43.5 Å². The highest BCUT2D eigenvalue weighted by Gasteiger charge is 2.24. The summed E-state index contributed by atoms with van der Waals surface area (Å²) in [7, 11) is -3.71. The summed E-state index contributed by atoms with van der Waals surface area (Å²) in [6, 6.07) is 14.3. The summed E-state index contributed by atoms with van der Waals surface area (Å²) in [6.45, 7) is 1.52. The topological polar surface area (TPSA) is 66.5 Å². The third-order valence-corrected chi connectivity index (χ3v) is 5.66. The van der Waals surface area contributed by atoms with Crippen LogP contribution in [0.5, 0.6) is 0 Å². The van der Waals surface area contributed by atoms with Gasteiger partial charge < -0.3 is 5.32 Å². The predicted octanol–water partition coefficient (Wildman–Crippen LogP) is 3.90. The summed E-state index contributed by atoms with van der Waals surface area (Å²) in [6.07, 6.45) is 2.58. The van der Waals surface area contributed by atoms with Gasteiger partial charge in [-0.2, -0.15) is 0 Å². The molecule has 0 aromatic heterocycles. The Labute approximate surface area is 170 Å². The van der Waals surface area contributed by atoms with Gasteiger partial charge in [-0.1, -0.05) is 53.5 Å². The fourth-order valence-corrected chi connectivity index (χ4v) is 3.91. The number of carbonyl (C=O) groups excluding carboxylic acids is 1. The molecule has 1 unspecified atom stereocenters. The van der Waals surface area contributed by atoms with Gasteiger partial charge >= 0.3 is 0 Å². The minimum atomic E-state index is -3.71. The van der Waals surface area contributed by atoms with Crippen LogP contribution in [-0.2, 0) is 21.2 Å². The van der Waals surface area contributed by atoms with Gasteiger partial charge in [0.15, 0.2) is 0 Å². The summed E-state index contributed by atoms with van der Waals surface area (Å²) >= 11 is 12.1. The zero-order chi connectivity index (χ0) is 20.0. The first-order chi connectivity index (χ1) is 12.7. The van der Waals surface area contributed by atoms with Gasteiger partial charge in [0.25, 0.3) is 0 Å². The maximum absolute atomic E-state index is 12.4. The molecule has 0 radical (unpaired) electrons. The lowest BCUT2D eigenvalue weighted by Crippen LogP contribution is -2.43. The molecule has 8 heteroatoms. The Kier molecular flexibility index (Phi) is 7.53. The van der Waals surface area contributed by atoms with E-state index < -0.39 is 15.9 Å². The molecule has 0 aliphatic rings. The number of hydrogen-bond donors (Lipinski definition) is 1. The Morgan fingerprint density at radius 3 is 2.44 bits per heavy atom. The quantitative estimate of drug-likeness (QED) is 0.692. The van der Waals surface area contributed by atoms with Crippen LogP contribution in [0.4, 0.5) is 5.69 Å². The van der Waals surface area contributed by atoms with Crippen molar-refractivity contribution in [2.45, 2.75) is 25.8 Å². The van der Waals surface area contributed by atoms with Gasteiger partial charge in [0.2, 0.25) is 15.9 Å². The first-order valence-electron chi connectivity index (χ1n) is 8.43. The summed E-state index contributed by atoms with van der Waals surface area (Å²) in [5, 5.41) is 3.37. The molecule has 1 amide bonds. The monoisotopic (exact) mass is 428 g/mol. The van der Waals surface area contributed by atoms with Crippen LogP contribution in [0, 0.1) is 0 Å². The second-order valence-electron chi connectivity index (χ2n) is 6.36. The second-order valence-corrected chi connectivity index (χ2v) is 9.11. The number of carbonyl (C=O) groups is 1. The van der Waals surface area contributed by atoms with Crippen LogP contribution in [-0.4, -0.2) is 33.2 Å². The molecule has 1 atom stereocenters. The van der Waals surface area contributed by atoms with Crippen molar-refractivity contribution in [3.05, 3.63) is 64.1 Å². The van der Waals surface area contributed by atoms with Crippen molar-refractivity contribution in [3.63, 3.8) is 0 Å². The molecule has 5 nitrogen and oxygen atoms in total. The molecule has 0 aliphatic heterocycles. The van der Waals surface area contributed by atoms with Gasteiger partial charge in [0.1, 0.15) is 6.54 Å². The predicted molar refractivity (Wildman–Crippen MR) is 111 cm³/mol. The van der Waals surface area contributed by atoms with Crippen molar-refractivity contribution < 1.29 is 13.2 Å². The zero-order valence-corrected chi connectivity index (χ0v) is 17.5. The summed E-state index contributed by atoms with van der Waals surface area (Å²) in [5.41, 5.74) is 1.36. The Hall–Kier alpha value is -1.76. The minimum absolute atomic E-state index is 0.103. The van der Waals surface area contributed by atoms with Crippen molar-refractivity contribution >= 4 is 44.8 Å². The standard InChI is InChI=1S/C19H22Cl2N2O3S/c1-14(8-9-15-6-4-3-5-7-15)22-19(24)13-23(27(2,25)26)18-12-16(20)10-11-17(18)21/h3-7,10-12,14H,8-9,13H2,1-2H3,(H,22,24). The fourth-order valence-electron chi connectivity index (χ4n) is 2.61. The molecular formula is C19H22Cl2N2O3S. The van der Waals surface area contributed by atoms with E-state index in [0.717, 1.165) is 23.4 Å². The third kappa shape index (κ3) is 6.72. The number of anilines is 1. The van der Waals surface area contributed by atoms with Crippen LogP contribution in [0.15, 0.2) is 48.5 Å². The summed E-state index contributed by atoms with van der Waals surface area (Å²) < 4.78 is 25.3. The maximum Gasteiger partial charge on any atom is 0.240 e. The molecule has 0 saturated heterocycles. The van der Waals surface area contributed by atoms with E-state index in [9.17, 15) is 13.2 Å². The number of nitrogens with one attached hydrogen (secondary N) is 1. The number of aryl methyl sites for hydroxylation is 1. The van der Waals surface area contributed by atoms with Crippen LogP contribution >= 0.6 is 23.2 Å². The SMILES string of the molecule is CC(CCc1ccccc1)NC(=O)CN(c1cc(Cl)ccc1Cl)S(C)(=O)=O. The lowest BCUT2D eigenvalue weighted by atomic mass is 10.1. The van der Waals surface area contributed by atoms with Gasteiger partial charge in [-0.15, -0.1) is 0 Å². The molecule has 0 saturated carbocycles. The molecule has 0 heterocycles. The van der Waals surface area contributed by atoms with Crippen LogP contribution in [0.25, 0.3) is 0 Å². The van der Waals surface area contributed by atoms with E-state index in [1.165, 1.54) is 17.7 Å². The van der Waals surface area contributed by atoms with Gasteiger partial charge in [0.05, 0.1) is 17.0 Å². The van der Waals surface area contributed by atoms with E-state index in [1.54, 1.807) is 6.07 Å². The van der Waals surface area contributed by atoms with E-state index in [4.69, 9.17) is 23.2 Å². The number of halogens is 2. The number of sulfonamides is 1. The Morgan fingerprint density at radius 2 is 1.81 bits per heavy atom. The van der Waals surface area contributed by atoms with E-state index in [-0.39, 0.29) is 23.3 Å². The first-order valence-corrected chi connectivity index (χ1v) is 11.0. The first kappa shape index (κ1) is 21.5. The number of rotatable bonds is 8. The van der Waals surface area contributed by atoms with Gasteiger partial charge in [0, 0.05) is 11.1 Å². The zero-order valence-electron chi connectivity index (χ0n) is 15.2. The Balaban J connectivity index is 2.02. The third-order valence-electron chi connectivity index (χ3n) is 3.98. The van der Waals surface area contributed by atoms with Crippen molar-refractivity contribution in [1.29, 1.82) is 0 Å². The maximum atomic E-state index is 12.4. The van der Waals surface area contributed by atoms with Gasteiger partial charge in [-0.3, -0.25) is 9.10 Å². The van der Waals surface area contributed by atoms with Crippen molar-refractivity contribution in [2.24, 2.45) is 0 Å².